The fourth-order valence-corrected chi connectivity index (χ4v) is 4.96. The first-order valence-electron chi connectivity index (χ1n) is 12.8. The van der Waals surface area contributed by atoms with E-state index in [-0.39, 0.29) is 70.4 Å². The molecular weight excluding hydrogens is 608 g/mol. The summed E-state index contributed by atoms with van der Waals surface area (Å²) in [6, 6.07) is 6.08. The van der Waals surface area contributed by atoms with Crippen molar-refractivity contribution in [2.45, 2.75) is 57.8 Å². The van der Waals surface area contributed by atoms with Gasteiger partial charge in [0.15, 0.2) is 0 Å². The van der Waals surface area contributed by atoms with E-state index in [1.807, 2.05) is 0 Å². The fraction of sp³-hybridized carbons (Fsp3) is 0.393. The minimum atomic E-state index is -4.32. The summed E-state index contributed by atoms with van der Waals surface area (Å²) in [5.74, 6) is -3.61. The normalized spacial score (nSPS) is 17.0. The number of benzene rings is 2. The number of alkyl halides is 5. The lowest BCUT2D eigenvalue weighted by atomic mass is 9.85. The number of carbonyl (C=O) groups excluding carboxylic acids is 3. The summed E-state index contributed by atoms with van der Waals surface area (Å²) >= 11 is 12.6. The van der Waals surface area contributed by atoms with E-state index in [0.717, 1.165) is 0 Å². The van der Waals surface area contributed by atoms with Crippen LogP contribution in [0.1, 0.15) is 58.9 Å². The Kier molecular flexibility index (Phi) is 11.2. The summed E-state index contributed by atoms with van der Waals surface area (Å²) in [4.78, 5) is 38.1. The van der Waals surface area contributed by atoms with E-state index in [9.17, 15) is 36.3 Å². The average Bonchev–Trinajstić information content (AvgIpc) is 2.91. The molecule has 42 heavy (non-hydrogen) atoms. The molecule has 0 spiro atoms. The number of hydrogen-bond acceptors (Lipinski definition) is 4. The molecule has 2 aromatic carbocycles. The second-order valence-corrected chi connectivity index (χ2v) is 10.6. The minimum Gasteiger partial charge on any atom is -0.487 e. The largest absolute Gasteiger partial charge is 0.487 e. The Morgan fingerprint density at radius 1 is 1.05 bits per heavy atom. The summed E-state index contributed by atoms with van der Waals surface area (Å²) in [7, 11) is 0. The van der Waals surface area contributed by atoms with E-state index in [0.29, 0.717) is 5.56 Å². The molecule has 1 aliphatic rings. The van der Waals surface area contributed by atoms with Gasteiger partial charge in [0.05, 0.1) is 27.1 Å². The van der Waals surface area contributed by atoms with Gasteiger partial charge in [-0.05, 0) is 62.4 Å². The predicted molar refractivity (Wildman–Crippen MR) is 148 cm³/mol. The van der Waals surface area contributed by atoms with Crippen molar-refractivity contribution in [2.75, 3.05) is 11.9 Å². The number of ether oxygens (including phenoxy) is 1. The van der Waals surface area contributed by atoms with Crippen LogP contribution in [0.15, 0.2) is 42.5 Å². The molecule has 0 aromatic heterocycles. The molecule has 0 aliphatic heterocycles. The zero-order valence-corrected chi connectivity index (χ0v) is 23.9. The Bertz CT molecular complexity index is 1350. The highest BCUT2D eigenvalue weighted by molar-refractivity contribution is 6.40. The highest BCUT2D eigenvalue weighted by atomic mass is 35.5. The van der Waals surface area contributed by atoms with Crippen LogP contribution < -0.4 is 20.7 Å². The molecule has 3 rings (SSSR count). The summed E-state index contributed by atoms with van der Waals surface area (Å²) < 4.78 is 69.7. The Morgan fingerprint density at radius 3 is 2.31 bits per heavy atom. The molecule has 0 unspecified atom stereocenters. The number of nitrogens with one attached hydrogen (secondary N) is 3. The van der Waals surface area contributed by atoms with Gasteiger partial charge in [-0.15, -0.1) is 0 Å². The van der Waals surface area contributed by atoms with Crippen molar-refractivity contribution in [1.82, 2.24) is 10.6 Å². The van der Waals surface area contributed by atoms with Crippen LogP contribution in [0.3, 0.4) is 0 Å². The molecule has 0 radical (unpaired) electrons. The van der Waals surface area contributed by atoms with Crippen molar-refractivity contribution in [3.05, 3.63) is 69.2 Å². The van der Waals surface area contributed by atoms with E-state index in [2.05, 4.69) is 22.5 Å². The third-order valence-corrected chi connectivity index (χ3v) is 7.34. The maximum Gasteiger partial charge on any atom is 0.391 e. The molecule has 3 N–H and O–H groups in total. The fourth-order valence-electron chi connectivity index (χ4n) is 4.35. The average molecular weight is 636 g/mol. The highest BCUT2D eigenvalue weighted by Gasteiger charge is 2.41. The number of anilines is 1. The first-order valence-corrected chi connectivity index (χ1v) is 13.6. The topological polar surface area (TPSA) is 96.5 Å². The number of halogens is 7. The molecule has 0 heterocycles. The molecule has 228 valence electrons. The van der Waals surface area contributed by atoms with E-state index in [4.69, 9.17) is 27.9 Å². The van der Waals surface area contributed by atoms with Gasteiger partial charge in [0, 0.05) is 23.8 Å². The van der Waals surface area contributed by atoms with Gasteiger partial charge in [0.25, 0.3) is 18.2 Å². The number of amides is 3. The van der Waals surface area contributed by atoms with E-state index in [1.165, 1.54) is 37.3 Å². The third-order valence-electron chi connectivity index (χ3n) is 6.60. The summed E-state index contributed by atoms with van der Waals surface area (Å²) in [6.45, 7) is 4.03. The van der Waals surface area contributed by atoms with Gasteiger partial charge in [-0.2, -0.15) is 13.2 Å². The van der Waals surface area contributed by atoms with Crippen molar-refractivity contribution < 1.29 is 41.1 Å². The van der Waals surface area contributed by atoms with Crippen LogP contribution in [0.4, 0.5) is 27.6 Å². The molecule has 1 aliphatic carbocycles. The van der Waals surface area contributed by atoms with Gasteiger partial charge in [-0.1, -0.05) is 35.8 Å². The molecule has 1 saturated carbocycles. The van der Waals surface area contributed by atoms with Gasteiger partial charge in [-0.25, -0.2) is 8.78 Å². The second-order valence-electron chi connectivity index (χ2n) is 9.79. The maximum atomic E-state index is 13.2. The second kappa shape index (κ2) is 14.2. The Hall–Kier alpha value is -3.38. The monoisotopic (exact) mass is 635 g/mol. The number of carbonyl (C=O) groups is 3. The summed E-state index contributed by atoms with van der Waals surface area (Å²) in [6.07, 6.45) is -7.30. The maximum absolute atomic E-state index is 13.2. The third kappa shape index (κ3) is 8.81. The molecule has 3 amide bonds. The van der Waals surface area contributed by atoms with Crippen molar-refractivity contribution in [3.63, 3.8) is 0 Å². The van der Waals surface area contributed by atoms with Crippen LogP contribution >= 0.6 is 23.2 Å². The lowest BCUT2D eigenvalue weighted by molar-refractivity contribution is -0.182. The zero-order chi connectivity index (χ0) is 31.2. The van der Waals surface area contributed by atoms with Gasteiger partial charge < -0.3 is 20.7 Å². The summed E-state index contributed by atoms with van der Waals surface area (Å²) in [5, 5.41) is 7.74. The van der Waals surface area contributed by atoms with E-state index < -0.39 is 48.9 Å². The number of rotatable bonds is 10. The Balaban J connectivity index is 1.81. The van der Waals surface area contributed by atoms with Crippen LogP contribution in [0.2, 0.25) is 10.0 Å². The first kappa shape index (κ1) is 33.1. The molecule has 0 bridgehead atoms. The lowest BCUT2D eigenvalue weighted by Crippen LogP contribution is -2.40. The standard InChI is InChI=1S/C28H28Cl2F5N3O4/c1-14(2)25(39)36-12-15-3-9-20(29)23(24(15)30)27(41)38-18-8-10-21(42-13-22(31)32)19(11-18)26(40)37-17-6-4-16(5-7-17)28(33,34)35/h3,8-11,16-17,22H,1,4-7,12-13H2,2H3,(H,36,39)(H,37,40)(H,38,41)/t16-,17-. The predicted octanol–water partition coefficient (Wildman–Crippen LogP) is 6.93. The van der Waals surface area contributed by atoms with Crippen LogP contribution in [0, 0.1) is 5.92 Å². The van der Waals surface area contributed by atoms with Crippen LogP contribution in [-0.2, 0) is 11.3 Å². The smallest absolute Gasteiger partial charge is 0.391 e. The van der Waals surface area contributed by atoms with Gasteiger partial charge in [0.1, 0.15) is 12.4 Å². The van der Waals surface area contributed by atoms with Crippen molar-refractivity contribution in [3.8, 4) is 5.75 Å². The summed E-state index contributed by atoms with van der Waals surface area (Å²) in [5.41, 5.74) is 0.388. The van der Waals surface area contributed by atoms with Crippen LogP contribution in [-0.4, -0.2) is 43.0 Å². The van der Waals surface area contributed by atoms with Crippen LogP contribution in [0.25, 0.3) is 0 Å². The zero-order valence-electron chi connectivity index (χ0n) is 22.3. The highest BCUT2D eigenvalue weighted by Crippen LogP contribution is 2.38. The molecule has 2 aromatic rings. The lowest BCUT2D eigenvalue weighted by Gasteiger charge is -2.30. The van der Waals surface area contributed by atoms with E-state index in [1.54, 1.807) is 0 Å². The number of hydrogen-bond donors (Lipinski definition) is 3. The molecule has 7 nitrogen and oxygen atoms in total. The van der Waals surface area contributed by atoms with Gasteiger partial charge in [0.2, 0.25) is 5.91 Å². The first-order chi connectivity index (χ1) is 19.7. The SMILES string of the molecule is C=C(C)C(=O)NCc1ccc(Cl)c(C(=O)Nc2ccc(OCC(F)F)c(C(=O)N[C@H]3CC[C@H](C(F)(F)F)CC3)c2)c1Cl. The van der Waals surface area contributed by atoms with Gasteiger partial charge in [-0.3, -0.25) is 14.4 Å². The van der Waals surface area contributed by atoms with Crippen LogP contribution in [0.5, 0.6) is 5.75 Å². The molecule has 14 heteroatoms. The Labute approximate surface area is 248 Å². The minimum absolute atomic E-state index is 0.00297. The molecule has 1 fully saturated rings. The Morgan fingerprint density at radius 2 is 1.71 bits per heavy atom. The van der Waals surface area contributed by atoms with Crippen molar-refractivity contribution >= 4 is 46.6 Å². The molecule has 0 atom stereocenters. The quantitative estimate of drug-likeness (QED) is 0.195. The molecule has 0 saturated heterocycles. The van der Waals surface area contributed by atoms with Crippen molar-refractivity contribution in [1.29, 1.82) is 0 Å². The van der Waals surface area contributed by atoms with E-state index >= 15 is 0 Å². The van der Waals surface area contributed by atoms with Gasteiger partial charge >= 0.3 is 6.18 Å². The molecular formula is C28H28Cl2F5N3O4. The van der Waals surface area contributed by atoms with Crippen molar-refractivity contribution in [2.24, 2.45) is 5.92 Å².